The maximum atomic E-state index is 13.4. The maximum absolute atomic E-state index is 13.4. The summed E-state index contributed by atoms with van der Waals surface area (Å²) in [6, 6.07) is 4.93. The topological polar surface area (TPSA) is 72.0 Å². The normalized spacial score (nSPS) is 10.1. The van der Waals surface area contributed by atoms with Gasteiger partial charge in [0.2, 0.25) is 11.9 Å². The molecule has 0 unspecified atom stereocenters. The van der Waals surface area contributed by atoms with Gasteiger partial charge in [0.05, 0.1) is 7.11 Å². The lowest BCUT2D eigenvalue weighted by Gasteiger charge is -2.10. The maximum Gasteiger partial charge on any atom is 0.322 e. The minimum absolute atomic E-state index is 0.177. The van der Waals surface area contributed by atoms with Crippen LogP contribution in [0.5, 0.6) is 6.01 Å². The van der Waals surface area contributed by atoms with Crippen LogP contribution in [0, 0.1) is 12.7 Å². The van der Waals surface area contributed by atoms with Crippen molar-refractivity contribution in [3.63, 3.8) is 0 Å². The Labute approximate surface area is 110 Å². The number of halogens is 1. The molecule has 0 spiro atoms. The largest absolute Gasteiger partial charge is 0.467 e. The number of aromatic nitrogens is 3. The summed E-state index contributed by atoms with van der Waals surface area (Å²) in [6.07, 6.45) is 0. The molecule has 2 N–H and O–H groups in total. The van der Waals surface area contributed by atoms with Crippen molar-refractivity contribution >= 4 is 17.6 Å². The van der Waals surface area contributed by atoms with E-state index < -0.39 is 0 Å². The van der Waals surface area contributed by atoms with Crippen LogP contribution in [-0.4, -0.2) is 29.1 Å². The molecule has 0 radical (unpaired) electrons. The second-order valence-electron chi connectivity index (χ2n) is 3.76. The van der Waals surface area contributed by atoms with Gasteiger partial charge in [0.25, 0.3) is 0 Å². The summed E-state index contributed by atoms with van der Waals surface area (Å²) in [5, 5.41) is 5.74. The number of hydrogen-bond acceptors (Lipinski definition) is 6. The quantitative estimate of drug-likeness (QED) is 0.880. The van der Waals surface area contributed by atoms with Crippen molar-refractivity contribution in [1.29, 1.82) is 0 Å². The summed E-state index contributed by atoms with van der Waals surface area (Å²) >= 11 is 0. The van der Waals surface area contributed by atoms with Crippen LogP contribution < -0.4 is 15.4 Å². The molecule has 0 saturated heterocycles. The van der Waals surface area contributed by atoms with E-state index in [0.717, 1.165) is 0 Å². The second kappa shape index (κ2) is 5.47. The Kier molecular flexibility index (Phi) is 3.74. The first kappa shape index (κ1) is 13.0. The summed E-state index contributed by atoms with van der Waals surface area (Å²) in [6.45, 7) is 1.68. The summed E-state index contributed by atoms with van der Waals surface area (Å²) in [7, 11) is 3.15. The second-order valence-corrected chi connectivity index (χ2v) is 3.76. The fourth-order valence-electron chi connectivity index (χ4n) is 1.48. The van der Waals surface area contributed by atoms with Crippen molar-refractivity contribution in [3.8, 4) is 6.01 Å². The van der Waals surface area contributed by atoms with Crippen LogP contribution in [0.4, 0.5) is 22.0 Å². The zero-order valence-electron chi connectivity index (χ0n) is 10.9. The third kappa shape index (κ3) is 2.87. The van der Waals surface area contributed by atoms with Crippen molar-refractivity contribution in [2.75, 3.05) is 24.8 Å². The van der Waals surface area contributed by atoms with E-state index >= 15 is 0 Å². The van der Waals surface area contributed by atoms with Crippen LogP contribution in [0.1, 0.15) is 5.56 Å². The molecule has 0 aliphatic rings. The highest BCUT2D eigenvalue weighted by Gasteiger charge is 2.08. The molecule has 2 aromatic rings. The molecule has 0 atom stereocenters. The van der Waals surface area contributed by atoms with Gasteiger partial charge in [-0.25, -0.2) is 4.39 Å². The van der Waals surface area contributed by atoms with Crippen molar-refractivity contribution in [2.45, 2.75) is 6.92 Å². The molecule has 0 saturated carbocycles. The third-order valence-electron chi connectivity index (χ3n) is 2.54. The van der Waals surface area contributed by atoms with E-state index in [0.29, 0.717) is 17.2 Å². The van der Waals surface area contributed by atoms with Crippen molar-refractivity contribution < 1.29 is 9.13 Å². The van der Waals surface area contributed by atoms with Gasteiger partial charge in [-0.15, -0.1) is 0 Å². The molecule has 0 amide bonds. The van der Waals surface area contributed by atoms with E-state index in [4.69, 9.17) is 4.74 Å². The highest BCUT2D eigenvalue weighted by Crippen LogP contribution is 2.21. The van der Waals surface area contributed by atoms with Crippen LogP contribution >= 0.6 is 0 Å². The Bertz CT molecular complexity index is 568. The average Bonchev–Trinajstić information content (AvgIpc) is 2.43. The monoisotopic (exact) mass is 263 g/mol. The summed E-state index contributed by atoms with van der Waals surface area (Å²) in [4.78, 5) is 12.1. The standard InChI is InChI=1S/C12H14FN5O/c1-7-8(13)5-4-6-9(7)15-11-16-10(14-2)17-12(18-11)19-3/h4-6H,1-3H3,(H2,14,15,16,17,18). The lowest BCUT2D eigenvalue weighted by Crippen LogP contribution is -2.06. The van der Waals surface area contributed by atoms with E-state index in [9.17, 15) is 4.39 Å². The lowest BCUT2D eigenvalue weighted by molar-refractivity contribution is 0.379. The van der Waals surface area contributed by atoms with Crippen molar-refractivity contribution in [2.24, 2.45) is 0 Å². The van der Waals surface area contributed by atoms with Crippen molar-refractivity contribution in [1.82, 2.24) is 15.0 Å². The van der Waals surface area contributed by atoms with Gasteiger partial charge in [0.1, 0.15) is 5.82 Å². The molecule has 1 aromatic carbocycles. The number of rotatable bonds is 4. The molecule has 0 aliphatic heterocycles. The third-order valence-corrected chi connectivity index (χ3v) is 2.54. The number of benzene rings is 1. The number of anilines is 3. The fourth-order valence-corrected chi connectivity index (χ4v) is 1.48. The first-order valence-electron chi connectivity index (χ1n) is 5.64. The highest BCUT2D eigenvalue weighted by atomic mass is 19.1. The SMILES string of the molecule is CNc1nc(Nc2cccc(F)c2C)nc(OC)n1. The summed E-state index contributed by atoms with van der Waals surface area (Å²) in [5.74, 6) is 0.355. The Balaban J connectivity index is 2.34. The van der Waals surface area contributed by atoms with Crippen LogP contribution in [0.3, 0.4) is 0 Å². The van der Waals surface area contributed by atoms with Gasteiger partial charge in [0.15, 0.2) is 0 Å². The first-order chi connectivity index (χ1) is 9.13. The zero-order chi connectivity index (χ0) is 13.8. The minimum Gasteiger partial charge on any atom is -0.467 e. The summed E-state index contributed by atoms with van der Waals surface area (Å²) in [5.41, 5.74) is 1.09. The molecule has 1 heterocycles. The van der Waals surface area contributed by atoms with Crippen molar-refractivity contribution in [3.05, 3.63) is 29.6 Å². The highest BCUT2D eigenvalue weighted by molar-refractivity contribution is 5.59. The van der Waals surface area contributed by atoms with Crippen LogP contribution in [0.2, 0.25) is 0 Å². The van der Waals surface area contributed by atoms with Gasteiger partial charge >= 0.3 is 6.01 Å². The molecule has 1 aromatic heterocycles. The van der Waals surface area contributed by atoms with Gasteiger partial charge in [-0.1, -0.05) is 6.07 Å². The number of ether oxygens (including phenoxy) is 1. The molecule has 2 rings (SSSR count). The average molecular weight is 263 g/mol. The van der Waals surface area contributed by atoms with Crippen LogP contribution in [-0.2, 0) is 0 Å². The lowest BCUT2D eigenvalue weighted by atomic mass is 10.2. The molecule has 19 heavy (non-hydrogen) atoms. The molecular weight excluding hydrogens is 249 g/mol. The van der Waals surface area contributed by atoms with E-state index in [1.165, 1.54) is 13.2 Å². The molecule has 0 bridgehead atoms. The molecule has 6 nitrogen and oxygen atoms in total. The number of methoxy groups -OCH3 is 1. The van der Waals surface area contributed by atoms with Gasteiger partial charge in [-0.2, -0.15) is 15.0 Å². The predicted molar refractivity (Wildman–Crippen MR) is 70.3 cm³/mol. The van der Waals surface area contributed by atoms with Gasteiger partial charge < -0.3 is 15.4 Å². The van der Waals surface area contributed by atoms with Gasteiger partial charge in [0, 0.05) is 18.3 Å². The Hall–Kier alpha value is -2.44. The van der Waals surface area contributed by atoms with Crippen LogP contribution in [0.15, 0.2) is 18.2 Å². The van der Waals surface area contributed by atoms with Crippen LogP contribution in [0.25, 0.3) is 0 Å². The Morgan fingerprint density at radius 3 is 2.58 bits per heavy atom. The smallest absolute Gasteiger partial charge is 0.322 e. The van der Waals surface area contributed by atoms with Gasteiger partial charge in [-0.3, -0.25) is 0 Å². The zero-order valence-corrected chi connectivity index (χ0v) is 10.9. The molecular formula is C12H14FN5O. The van der Waals surface area contributed by atoms with E-state index in [2.05, 4.69) is 25.6 Å². The Morgan fingerprint density at radius 1 is 1.16 bits per heavy atom. The predicted octanol–water partition coefficient (Wildman–Crippen LogP) is 2.11. The van der Waals surface area contributed by atoms with E-state index in [1.54, 1.807) is 26.1 Å². The number of nitrogens with zero attached hydrogens (tertiary/aromatic N) is 3. The number of hydrogen-bond donors (Lipinski definition) is 2. The summed E-state index contributed by atoms with van der Waals surface area (Å²) < 4.78 is 18.4. The van der Waals surface area contributed by atoms with Gasteiger partial charge in [-0.05, 0) is 19.1 Å². The molecule has 100 valence electrons. The molecule has 0 aliphatic carbocycles. The molecule has 7 heteroatoms. The number of nitrogens with one attached hydrogen (secondary N) is 2. The Morgan fingerprint density at radius 2 is 1.89 bits per heavy atom. The van der Waals surface area contributed by atoms with E-state index in [-0.39, 0.29) is 17.8 Å². The molecule has 0 fully saturated rings. The minimum atomic E-state index is -0.292. The fraction of sp³-hybridized carbons (Fsp3) is 0.250. The van der Waals surface area contributed by atoms with E-state index in [1.807, 2.05) is 0 Å². The first-order valence-corrected chi connectivity index (χ1v) is 5.64.